The minimum Gasteiger partial charge on any atom is -0.392 e. The molecule has 0 aliphatic carbocycles. The fourth-order valence-electron chi connectivity index (χ4n) is 0.447. The molecule has 13 heavy (non-hydrogen) atoms. The van der Waals surface area contributed by atoms with Crippen LogP contribution in [0.1, 0.15) is 20.8 Å². The summed E-state index contributed by atoms with van der Waals surface area (Å²) in [6.45, 7) is 4.32. The molecule has 0 saturated carbocycles. The third kappa shape index (κ3) is 4.09. The van der Waals surface area contributed by atoms with Crippen molar-refractivity contribution in [3.05, 3.63) is 12.2 Å². The largest absolute Gasteiger partial charge is 0.392 e. The SMILES string of the molecule is CC(C)(O)C(C)(O)C#C/C=C/CO. The van der Waals surface area contributed by atoms with Crippen LogP contribution < -0.4 is 0 Å². The molecule has 0 saturated heterocycles. The van der Waals surface area contributed by atoms with Crippen LogP contribution in [0.15, 0.2) is 12.2 Å². The molecule has 0 aromatic heterocycles. The number of aliphatic hydroxyl groups excluding tert-OH is 1. The first-order chi connectivity index (χ1) is 5.81. The molecule has 0 heterocycles. The van der Waals surface area contributed by atoms with Crippen LogP contribution in [0, 0.1) is 11.8 Å². The number of aliphatic hydroxyl groups is 3. The van der Waals surface area contributed by atoms with Crippen molar-refractivity contribution >= 4 is 0 Å². The molecule has 0 radical (unpaired) electrons. The molecule has 0 aromatic carbocycles. The van der Waals surface area contributed by atoms with Crippen LogP contribution >= 0.6 is 0 Å². The van der Waals surface area contributed by atoms with Gasteiger partial charge in [-0.15, -0.1) is 0 Å². The predicted octanol–water partition coefficient (Wildman–Crippen LogP) is 0.0602. The lowest BCUT2D eigenvalue weighted by atomic mass is 9.88. The van der Waals surface area contributed by atoms with E-state index >= 15 is 0 Å². The van der Waals surface area contributed by atoms with Gasteiger partial charge >= 0.3 is 0 Å². The van der Waals surface area contributed by atoms with Crippen LogP contribution in [0.5, 0.6) is 0 Å². The van der Waals surface area contributed by atoms with Gasteiger partial charge in [-0.2, -0.15) is 0 Å². The first-order valence-corrected chi connectivity index (χ1v) is 4.04. The van der Waals surface area contributed by atoms with Crippen molar-refractivity contribution in [2.75, 3.05) is 6.61 Å². The molecule has 0 bridgehead atoms. The second-order valence-corrected chi connectivity index (χ2v) is 3.49. The van der Waals surface area contributed by atoms with E-state index in [1.165, 1.54) is 32.9 Å². The molecule has 0 rings (SSSR count). The Kier molecular flexibility index (Phi) is 4.15. The molecule has 0 fully saturated rings. The van der Waals surface area contributed by atoms with Gasteiger partial charge in [-0.25, -0.2) is 0 Å². The topological polar surface area (TPSA) is 60.7 Å². The fourth-order valence-corrected chi connectivity index (χ4v) is 0.447. The van der Waals surface area contributed by atoms with Crippen LogP contribution in [0.4, 0.5) is 0 Å². The maximum atomic E-state index is 9.63. The maximum Gasteiger partial charge on any atom is 0.150 e. The summed E-state index contributed by atoms with van der Waals surface area (Å²) in [7, 11) is 0. The van der Waals surface area contributed by atoms with Gasteiger partial charge in [0.1, 0.15) is 0 Å². The number of hydrogen-bond donors (Lipinski definition) is 3. The fraction of sp³-hybridized carbons (Fsp3) is 0.600. The average Bonchev–Trinajstić information content (AvgIpc) is 1.96. The van der Waals surface area contributed by atoms with Crippen molar-refractivity contribution in [3.8, 4) is 11.8 Å². The van der Waals surface area contributed by atoms with E-state index < -0.39 is 11.2 Å². The smallest absolute Gasteiger partial charge is 0.150 e. The Bertz CT molecular complexity index is 235. The Morgan fingerprint density at radius 3 is 2.15 bits per heavy atom. The summed E-state index contributed by atoms with van der Waals surface area (Å²) in [6.07, 6.45) is 2.88. The van der Waals surface area contributed by atoms with Crippen molar-refractivity contribution in [1.29, 1.82) is 0 Å². The van der Waals surface area contributed by atoms with Gasteiger partial charge in [-0.05, 0) is 26.8 Å². The number of rotatable bonds is 2. The molecule has 74 valence electrons. The van der Waals surface area contributed by atoms with E-state index in [2.05, 4.69) is 11.8 Å². The summed E-state index contributed by atoms with van der Waals surface area (Å²) in [5.74, 6) is 5.02. The summed E-state index contributed by atoms with van der Waals surface area (Å²) in [5, 5.41) is 27.5. The van der Waals surface area contributed by atoms with Gasteiger partial charge in [0.15, 0.2) is 5.60 Å². The lowest BCUT2D eigenvalue weighted by Crippen LogP contribution is -2.46. The van der Waals surface area contributed by atoms with Crippen LogP contribution in [0.25, 0.3) is 0 Å². The molecule has 1 unspecified atom stereocenters. The second-order valence-electron chi connectivity index (χ2n) is 3.49. The molecule has 1 atom stereocenters. The highest BCUT2D eigenvalue weighted by atomic mass is 16.3. The molecule has 0 aromatic rings. The van der Waals surface area contributed by atoms with Crippen LogP contribution in [0.2, 0.25) is 0 Å². The Morgan fingerprint density at radius 1 is 1.23 bits per heavy atom. The highest BCUT2D eigenvalue weighted by Gasteiger charge is 2.35. The van der Waals surface area contributed by atoms with E-state index in [1.54, 1.807) is 0 Å². The van der Waals surface area contributed by atoms with E-state index in [1.807, 2.05) is 0 Å². The number of hydrogen-bond acceptors (Lipinski definition) is 3. The van der Waals surface area contributed by atoms with Crippen LogP contribution in [-0.4, -0.2) is 33.1 Å². The monoisotopic (exact) mass is 184 g/mol. The zero-order valence-electron chi connectivity index (χ0n) is 8.20. The molecule has 3 nitrogen and oxygen atoms in total. The molecular weight excluding hydrogens is 168 g/mol. The number of allylic oxidation sites excluding steroid dienone is 1. The third-order valence-electron chi connectivity index (χ3n) is 1.81. The van der Waals surface area contributed by atoms with Gasteiger partial charge in [0, 0.05) is 0 Å². The van der Waals surface area contributed by atoms with Crippen LogP contribution in [-0.2, 0) is 0 Å². The van der Waals surface area contributed by atoms with Gasteiger partial charge in [-0.1, -0.05) is 17.9 Å². The molecule has 0 spiro atoms. The summed E-state index contributed by atoms with van der Waals surface area (Å²) < 4.78 is 0. The minimum absolute atomic E-state index is 0.0840. The predicted molar refractivity (Wildman–Crippen MR) is 50.9 cm³/mol. The normalized spacial score (nSPS) is 16.5. The van der Waals surface area contributed by atoms with Crippen molar-refractivity contribution in [3.63, 3.8) is 0 Å². The Balaban J connectivity index is 4.47. The zero-order chi connectivity index (χ0) is 10.5. The lowest BCUT2D eigenvalue weighted by Gasteiger charge is -2.30. The van der Waals surface area contributed by atoms with E-state index in [4.69, 9.17) is 5.11 Å². The summed E-state index contributed by atoms with van der Waals surface area (Å²) in [5.41, 5.74) is -2.72. The van der Waals surface area contributed by atoms with E-state index in [0.29, 0.717) is 0 Å². The van der Waals surface area contributed by atoms with E-state index in [9.17, 15) is 10.2 Å². The van der Waals surface area contributed by atoms with Gasteiger partial charge in [-0.3, -0.25) is 0 Å². The Labute approximate surface area is 78.7 Å². The first kappa shape index (κ1) is 12.2. The maximum absolute atomic E-state index is 9.63. The Morgan fingerprint density at radius 2 is 1.77 bits per heavy atom. The highest BCUT2D eigenvalue weighted by Crippen LogP contribution is 2.19. The molecular formula is C10H16O3. The first-order valence-electron chi connectivity index (χ1n) is 4.04. The average molecular weight is 184 g/mol. The van der Waals surface area contributed by atoms with Crippen LogP contribution in [0.3, 0.4) is 0 Å². The van der Waals surface area contributed by atoms with Gasteiger partial charge < -0.3 is 15.3 Å². The quantitative estimate of drug-likeness (QED) is 0.532. The molecule has 0 aliphatic rings. The second kappa shape index (κ2) is 4.43. The van der Waals surface area contributed by atoms with Gasteiger partial charge in [0.2, 0.25) is 0 Å². The van der Waals surface area contributed by atoms with Gasteiger partial charge in [0.05, 0.1) is 12.2 Å². The summed E-state index contributed by atoms with van der Waals surface area (Å²) in [6, 6.07) is 0. The molecule has 3 heteroatoms. The minimum atomic E-state index is -1.45. The Hall–Kier alpha value is -0.820. The zero-order valence-corrected chi connectivity index (χ0v) is 8.20. The van der Waals surface area contributed by atoms with E-state index in [-0.39, 0.29) is 6.61 Å². The molecule has 3 N–H and O–H groups in total. The lowest BCUT2D eigenvalue weighted by molar-refractivity contribution is -0.0820. The van der Waals surface area contributed by atoms with Crippen molar-refractivity contribution in [1.82, 2.24) is 0 Å². The standard InChI is InChI=1S/C10H16O3/c1-9(2,12)10(3,13)7-5-4-6-8-11/h4,6,11-13H,8H2,1-3H3/b6-4+. The summed E-state index contributed by atoms with van der Waals surface area (Å²) in [4.78, 5) is 0. The molecule has 0 amide bonds. The third-order valence-corrected chi connectivity index (χ3v) is 1.81. The van der Waals surface area contributed by atoms with Gasteiger partial charge in [0.25, 0.3) is 0 Å². The highest BCUT2D eigenvalue weighted by molar-refractivity contribution is 5.24. The van der Waals surface area contributed by atoms with Crippen molar-refractivity contribution in [2.45, 2.75) is 32.0 Å². The van der Waals surface area contributed by atoms with Crippen molar-refractivity contribution < 1.29 is 15.3 Å². The van der Waals surface area contributed by atoms with Crippen molar-refractivity contribution in [2.24, 2.45) is 0 Å². The summed E-state index contributed by atoms with van der Waals surface area (Å²) >= 11 is 0. The van der Waals surface area contributed by atoms with E-state index in [0.717, 1.165) is 0 Å². The molecule has 0 aliphatic heterocycles.